The summed E-state index contributed by atoms with van der Waals surface area (Å²) in [4.78, 5) is 23.1. The molecule has 0 saturated heterocycles. The van der Waals surface area contributed by atoms with Crippen LogP contribution in [-0.4, -0.2) is 17.0 Å². The molecule has 2 aromatic carbocycles. The van der Waals surface area contributed by atoms with Gasteiger partial charge < -0.3 is 10.4 Å². The van der Waals surface area contributed by atoms with E-state index in [1.54, 1.807) is 30.3 Å². The van der Waals surface area contributed by atoms with Crippen molar-refractivity contribution in [3.8, 4) is 0 Å². The molecule has 0 spiro atoms. The highest BCUT2D eigenvalue weighted by Crippen LogP contribution is 2.48. The molecule has 118 valence electrons. The Morgan fingerprint density at radius 1 is 1.17 bits per heavy atom. The van der Waals surface area contributed by atoms with E-state index in [0.29, 0.717) is 12.0 Å². The van der Waals surface area contributed by atoms with Crippen molar-refractivity contribution in [2.24, 2.45) is 5.92 Å². The summed E-state index contributed by atoms with van der Waals surface area (Å²) in [5, 5.41) is 11.7. The Hall–Kier alpha value is -2.69. The molecular formula is C18H16FNO3. The molecule has 1 saturated carbocycles. The molecule has 4 nitrogen and oxygen atoms in total. The van der Waals surface area contributed by atoms with Gasteiger partial charge >= 0.3 is 5.97 Å². The van der Waals surface area contributed by atoms with Crippen LogP contribution in [0.4, 0.5) is 4.39 Å². The molecule has 1 aliphatic rings. The third kappa shape index (κ3) is 3.39. The van der Waals surface area contributed by atoms with Crippen LogP contribution in [0.5, 0.6) is 0 Å². The van der Waals surface area contributed by atoms with Gasteiger partial charge in [0.2, 0.25) is 5.91 Å². The quantitative estimate of drug-likeness (QED) is 0.892. The van der Waals surface area contributed by atoms with E-state index in [1.165, 1.54) is 18.2 Å². The summed E-state index contributed by atoms with van der Waals surface area (Å²) in [5.74, 6) is -1.68. The maximum Gasteiger partial charge on any atom is 0.335 e. The molecule has 3 rings (SSSR count). The summed E-state index contributed by atoms with van der Waals surface area (Å²) < 4.78 is 13.7. The number of aromatic carboxylic acids is 1. The van der Waals surface area contributed by atoms with Gasteiger partial charge in [-0.3, -0.25) is 4.79 Å². The lowest BCUT2D eigenvalue weighted by molar-refractivity contribution is -0.122. The van der Waals surface area contributed by atoms with Crippen LogP contribution >= 0.6 is 0 Å². The highest BCUT2D eigenvalue weighted by molar-refractivity contribution is 5.87. The summed E-state index contributed by atoms with van der Waals surface area (Å²) in [7, 11) is 0. The first-order valence-corrected chi connectivity index (χ1v) is 7.40. The van der Waals surface area contributed by atoms with Crippen LogP contribution in [-0.2, 0) is 11.3 Å². The first-order chi connectivity index (χ1) is 11.1. The van der Waals surface area contributed by atoms with Crippen LogP contribution in [0.3, 0.4) is 0 Å². The standard InChI is InChI=1S/C18H16FNO3/c19-16-7-2-1-6-13(16)14-9-15(14)17(21)20-10-11-4-3-5-12(8-11)18(22)23/h1-8,14-15H,9-10H2,(H,20,21)(H,22,23)/t14-,15-/m1/s1. The molecule has 1 fully saturated rings. The molecule has 0 aromatic heterocycles. The SMILES string of the molecule is O=C(O)c1cccc(CNC(=O)[C@@H]2C[C@@H]2c2ccccc2F)c1. The summed E-state index contributed by atoms with van der Waals surface area (Å²) in [5.41, 5.74) is 1.49. The average molecular weight is 313 g/mol. The molecule has 0 heterocycles. The van der Waals surface area contributed by atoms with E-state index in [9.17, 15) is 14.0 Å². The lowest BCUT2D eigenvalue weighted by Crippen LogP contribution is -2.25. The summed E-state index contributed by atoms with van der Waals surface area (Å²) in [6, 6.07) is 12.9. The topological polar surface area (TPSA) is 66.4 Å². The van der Waals surface area contributed by atoms with Crippen molar-refractivity contribution in [3.63, 3.8) is 0 Å². The Kier molecular flexibility index (Phi) is 4.10. The molecule has 2 N–H and O–H groups in total. The molecule has 2 aromatic rings. The molecule has 0 aliphatic heterocycles. The van der Waals surface area contributed by atoms with Crippen molar-refractivity contribution in [2.75, 3.05) is 0 Å². The number of carbonyl (C=O) groups is 2. The van der Waals surface area contributed by atoms with Crippen LogP contribution in [0.15, 0.2) is 48.5 Å². The van der Waals surface area contributed by atoms with Crippen LogP contribution in [0, 0.1) is 11.7 Å². The second-order valence-electron chi connectivity index (χ2n) is 5.69. The lowest BCUT2D eigenvalue weighted by atomic mass is 10.1. The fourth-order valence-electron chi connectivity index (χ4n) is 2.74. The number of carboxylic acid groups (broad SMARTS) is 1. The molecule has 1 aliphatic carbocycles. The number of carbonyl (C=O) groups excluding carboxylic acids is 1. The Morgan fingerprint density at radius 3 is 2.70 bits per heavy atom. The van der Waals surface area contributed by atoms with Gasteiger partial charge in [-0.25, -0.2) is 9.18 Å². The van der Waals surface area contributed by atoms with E-state index in [1.807, 2.05) is 0 Å². The Morgan fingerprint density at radius 2 is 1.96 bits per heavy atom. The molecule has 0 unspecified atom stereocenters. The van der Waals surface area contributed by atoms with Gasteiger partial charge in [0.1, 0.15) is 5.82 Å². The molecule has 0 radical (unpaired) electrons. The molecule has 23 heavy (non-hydrogen) atoms. The first-order valence-electron chi connectivity index (χ1n) is 7.40. The van der Waals surface area contributed by atoms with Crippen molar-refractivity contribution in [1.29, 1.82) is 0 Å². The zero-order chi connectivity index (χ0) is 16.4. The number of carboxylic acids is 1. The van der Waals surface area contributed by atoms with Gasteiger partial charge in [0.25, 0.3) is 0 Å². The fourth-order valence-corrected chi connectivity index (χ4v) is 2.74. The lowest BCUT2D eigenvalue weighted by Gasteiger charge is -2.06. The highest BCUT2D eigenvalue weighted by atomic mass is 19.1. The number of nitrogens with one attached hydrogen (secondary N) is 1. The van der Waals surface area contributed by atoms with E-state index >= 15 is 0 Å². The highest BCUT2D eigenvalue weighted by Gasteiger charge is 2.44. The largest absolute Gasteiger partial charge is 0.478 e. The number of hydrogen-bond acceptors (Lipinski definition) is 2. The van der Waals surface area contributed by atoms with E-state index in [2.05, 4.69) is 5.32 Å². The van der Waals surface area contributed by atoms with Crippen LogP contribution in [0.2, 0.25) is 0 Å². The van der Waals surface area contributed by atoms with Crippen molar-refractivity contribution >= 4 is 11.9 Å². The third-order valence-corrected chi connectivity index (χ3v) is 4.07. The van der Waals surface area contributed by atoms with Gasteiger partial charge in [-0.1, -0.05) is 30.3 Å². The zero-order valence-electron chi connectivity index (χ0n) is 12.3. The molecule has 5 heteroatoms. The second-order valence-corrected chi connectivity index (χ2v) is 5.69. The predicted molar refractivity (Wildman–Crippen MR) is 82.5 cm³/mol. The minimum Gasteiger partial charge on any atom is -0.478 e. The average Bonchev–Trinajstić information content (AvgIpc) is 3.34. The van der Waals surface area contributed by atoms with Crippen molar-refractivity contribution < 1.29 is 19.1 Å². The van der Waals surface area contributed by atoms with Gasteiger partial charge in [-0.05, 0) is 41.7 Å². The van der Waals surface area contributed by atoms with Crippen molar-refractivity contribution in [2.45, 2.75) is 18.9 Å². The summed E-state index contributed by atoms with van der Waals surface area (Å²) >= 11 is 0. The molecule has 2 atom stereocenters. The number of hydrogen-bond donors (Lipinski definition) is 2. The van der Waals surface area contributed by atoms with Gasteiger partial charge in [-0.15, -0.1) is 0 Å². The smallest absolute Gasteiger partial charge is 0.335 e. The van der Waals surface area contributed by atoms with Crippen LogP contribution in [0.1, 0.15) is 33.8 Å². The van der Waals surface area contributed by atoms with Gasteiger partial charge in [0.05, 0.1) is 5.56 Å². The van der Waals surface area contributed by atoms with Gasteiger partial charge in [-0.2, -0.15) is 0 Å². The van der Waals surface area contributed by atoms with Crippen LogP contribution in [0.25, 0.3) is 0 Å². The monoisotopic (exact) mass is 313 g/mol. The summed E-state index contributed by atoms with van der Waals surface area (Å²) in [6.45, 7) is 0.264. The first kappa shape index (κ1) is 15.2. The normalized spacial score (nSPS) is 19.2. The number of rotatable bonds is 5. The zero-order valence-corrected chi connectivity index (χ0v) is 12.3. The second kappa shape index (κ2) is 6.20. The summed E-state index contributed by atoms with van der Waals surface area (Å²) in [6.07, 6.45) is 0.641. The van der Waals surface area contributed by atoms with E-state index in [-0.39, 0.29) is 35.7 Å². The van der Waals surface area contributed by atoms with Crippen molar-refractivity contribution in [1.82, 2.24) is 5.32 Å². The predicted octanol–water partition coefficient (Wildman–Crippen LogP) is 2.94. The van der Waals surface area contributed by atoms with Gasteiger partial charge in [0.15, 0.2) is 0 Å². The number of halogens is 1. The third-order valence-electron chi connectivity index (χ3n) is 4.07. The van der Waals surface area contributed by atoms with E-state index in [0.717, 1.165) is 5.56 Å². The van der Waals surface area contributed by atoms with Crippen molar-refractivity contribution in [3.05, 3.63) is 71.0 Å². The minimum atomic E-state index is -1.00. The number of benzene rings is 2. The maximum absolute atomic E-state index is 13.7. The minimum absolute atomic E-state index is 0.0680. The van der Waals surface area contributed by atoms with E-state index < -0.39 is 5.97 Å². The Balaban J connectivity index is 1.58. The van der Waals surface area contributed by atoms with E-state index in [4.69, 9.17) is 5.11 Å². The Labute approximate surface area is 133 Å². The number of amides is 1. The molecule has 0 bridgehead atoms. The Bertz CT molecular complexity index is 759. The maximum atomic E-state index is 13.7. The fraction of sp³-hybridized carbons (Fsp3) is 0.222. The molecule has 1 amide bonds. The molecular weight excluding hydrogens is 297 g/mol. The van der Waals surface area contributed by atoms with Crippen LogP contribution < -0.4 is 5.32 Å². The van der Waals surface area contributed by atoms with Gasteiger partial charge in [0, 0.05) is 12.5 Å².